The van der Waals surface area contributed by atoms with Crippen LogP contribution in [0.2, 0.25) is 0 Å². The van der Waals surface area contributed by atoms with E-state index in [0.717, 1.165) is 19.3 Å². The summed E-state index contributed by atoms with van der Waals surface area (Å²) in [6.07, 6.45) is 10.4. The lowest BCUT2D eigenvalue weighted by molar-refractivity contribution is -0.140. The number of rotatable bonds is 7. The van der Waals surface area contributed by atoms with Gasteiger partial charge in [0.25, 0.3) is 0 Å². The maximum absolute atomic E-state index is 10.7. The molecule has 0 aromatic carbocycles. The van der Waals surface area contributed by atoms with Gasteiger partial charge in [-0.2, -0.15) is 0 Å². The summed E-state index contributed by atoms with van der Waals surface area (Å²) in [5, 5.41) is 0. The van der Waals surface area contributed by atoms with Crippen molar-refractivity contribution in [1.82, 2.24) is 0 Å². The summed E-state index contributed by atoms with van der Waals surface area (Å²) in [7, 11) is 1.43. The maximum atomic E-state index is 10.7. The Morgan fingerprint density at radius 3 is 2.38 bits per heavy atom. The first-order valence-electron chi connectivity index (χ1n) is 5.03. The zero-order valence-electron chi connectivity index (χ0n) is 8.71. The van der Waals surface area contributed by atoms with Crippen LogP contribution in [-0.4, -0.2) is 13.1 Å². The number of allylic oxidation sites excluding steroid dienone is 2. The van der Waals surface area contributed by atoms with Gasteiger partial charge in [-0.15, -0.1) is 0 Å². The number of ether oxygens (including phenoxy) is 1. The third-order valence-electron chi connectivity index (χ3n) is 1.87. The van der Waals surface area contributed by atoms with Gasteiger partial charge in [0, 0.05) is 6.42 Å². The highest BCUT2D eigenvalue weighted by molar-refractivity contribution is 5.68. The van der Waals surface area contributed by atoms with Crippen LogP contribution in [-0.2, 0) is 9.53 Å². The summed E-state index contributed by atoms with van der Waals surface area (Å²) in [6, 6.07) is 0. The predicted octanol–water partition coefficient (Wildman–Crippen LogP) is 3.08. The van der Waals surface area contributed by atoms with E-state index < -0.39 is 0 Å². The van der Waals surface area contributed by atoms with Gasteiger partial charge in [0.05, 0.1) is 7.11 Å². The molecule has 76 valence electrons. The maximum Gasteiger partial charge on any atom is 0.305 e. The van der Waals surface area contributed by atoms with Crippen molar-refractivity contribution in [2.75, 3.05) is 7.11 Å². The van der Waals surface area contributed by atoms with E-state index in [1.807, 2.05) is 0 Å². The molecule has 0 bridgehead atoms. The van der Waals surface area contributed by atoms with E-state index in [1.54, 1.807) is 0 Å². The van der Waals surface area contributed by atoms with Crippen molar-refractivity contribution in [3.8, 4) is 0 Å². The SMILES string of the molecule is CCCC/C=C/CCCC(=O)OC. The van der Waals surface area contributed by atoms with Crippen molar-refractivity contribution in [3.63, 3.8) is 0 Å². The molecule has 0 unspecified atom stereocenters. The molecule has 0 aliphatic carbocycles. The van der Waals surface area contributed by atoms with Crippen LogP contribution in [0.4, 0.5) is 0 Å². The van der Waals surface area contributed by atoms with E-state index in [4.69, 9.17) is 0 Å². The van der Waals surface area contributed by atoms with Crippen molar-refractivity contribution >= 4 is 5.97 Å². The van der Waals surface area contributed by atoms with Crippen molar-refractivity contribution in [3.05, 3.63) is 12.2 Å². The summed E-state index contributed by atoms with van der Waals surface area (Å²) in [5.74, 6) is -0.109. The molecule has 0 aromatic heterocycles. The van der Waals surface area contributed by atoms with Crippen molar-refractivity contribution in [1.29, 1.82) is 0 Å². The first kappa shape index (κ1) is 12.2. The molecule has 2 heteroatoms. The van der Waals surface area contributed by atoms with Gasteiger partial charge in [-0.05, 0) is 19.3 Å². The highest BCUT2D eigenvalue weighted by Gasteiger charge is 1.96. The zero-order chi connectivity index (χ0) is 9.94. The van der Waals surface area contributed by atoms with Gasteiger partial charge in [0.1, 0.15) is 0 Å². The Kier molecular flexibility index (Phi) is 8.73. The molecule has 0 saturated heterocycles. The monoisotopic (exact) mass is 184 g/mol. The van der Waals surface area contributed by atoms with Crippen molar-refractivity contribution < 1.29 is 9.53 Å². The molecular weight excluding hydrogens is 164 g/mol. The number of unbranched alkanes of at least 4 members (excludes halogenated alkanes) is 3. The van der Waals surface area contributed by atoms with E-state index in [2.05, 4.69) is 23.8 Å². The summed E-state index contributed by atoms with van der Waals surface area (Å²) in [6.45, 7) is 2.19. The van der Waals surface area contributed by atoms with Crippen LogP contribution in [0.1, 0.15) is 45.4 Å². The molecule has 13 heavy (non-hydrogen) atoms. The standard InChI is InChI=1S/C11H20O2/c1-3-4-5-6-7-8-9-10-11(12)13-2/h6-7H,3-5,8-10H2,1-2H3/b7-6+. The first-order valence-corrected chi connectivity index (χ1v) is 5.03. The fourth-order valence-corrected chi connectivity index (χ4v) is 1.02. The summed E-state index contributed by atoms with van der Waals surface area (Å²) >= 11 is 0. The highest BCUT2D eigenvalue weighted by atomic mass is 16.5. The van der Waals surface area contributed by atoms with E-state index in [1.165, 1.54) is 20.0 Å². The minimum absolute atomic E-state index is 0.109. The minimum Gasteiger partial charge on any atom is -0.469 e. The average molecular weight is 184 g/mol. The predicted molar refractivity (Wildman–Crippen MR) is 54.5 cm³/mol. The lowest BCUT2D eigenvalue weighted by Crippen LogP contribution is -1.98. The molecule has 0 aliphatic heterocycles. The zero-order valence-corrected chi connectivity index (χ0v) is 8.71. The first-order chi connectivity index (χ1) is 6.31. The van der Waals surface area contributed by atoms with Gasteiger partial charge < -0.3 is 4.74 Å². The fourth-order valence-electron chi connectivity index (χ4n) is 1.02. The Morgan fingerprint density at radius 2 is 1.85 bits per heavy atom. The van der Waals surface area contributed by atoms with Gasteiger partial charge in [0.15, 0.2) is 0 Å². The van der Waals surface area contributed by atoms with Crippen LogP contribution < -0.4 is 0 Å². The number of hydrogen-bond acceptors (Lipinski definition) is 2. The van der Waals surface area contributed by atoms with Crippen LogP contribution in [0.25, 0.3) is 0 Å². The number of carbonyl (C=O) groups is 1. The van der Waals surface area contributed by atoms with Crippen LogP contribution in [0.3, 0.4) is 0 Å². The van der Waals surface area contributed by atoms with Gasteiger partial charge in [-0.25, -0.2) is 0 Å². The van der Waals surface area contributed by atoms with Crippen LogP contribution in [0, 0.1) is 0 Å². The largest absolute Gasteiger partial charge is 0.469 e. The number of esters is 1. The smallest absolute Gasteiger partial charge is 0.305 e. The molecule has 0 amide bonds. The molecule has 2 nitrogen and oxygen atoms in total. The van der Waals surface area contributed by atoms with E-state index in [9.17, 15) is 4.79 Å². The number of carbonyl (C=O) groups excluding carboxylic acids is 1. The quantitative estimate of drug-likeness (QED) is 0.345. The molecule has 0 aromatic rings. The second-order valence-electron chi connectivity index (χ2n) is 3.08. The molecule has 0 spiro atoms. The second kappa shape index (κ2) is 9.30. The molecule has 0 aliphatic rings. The average Bonchev–Trinajstić information content (AvgIpc) is 2.16. The van der Waals surface area contributed by atoms with Gasteiger partial charge in [0.2, 0.25) is 0 Å². The van der Waals surface area contributed by atoms with E-state index in [-0.39, 0.29) is 5.97 Å². The molecule has 0 radical (unpaired) electrons. The Bertz CT molecular complexity index is 150. The number of hydrogen-bond donors (Lipinski definition) is 0. The molecular formula is C11H20O2. The Balaban J connectivity index is 3.15. The summed E-state index contributed by atoms with van der Waals surface area (Å²) < 4.78 is 4.53. The van der Waals surface area contributed by atoms with Gasteiger partial charge in [-0.1, -0.05) is 31.9 Å². The summed E-state index contributed by atoms with van der Waals surface area (Å²) in [5.41, 5.74) is 0. The normalized spacial score (nSPS) is 10.6. The lowest BCUT2D eigenvalue weighted by atomic mass is 10.2. The van der Waals surface area contributed by atoms with E-state index in [0.29, 0.717) is 6.42 Å². The number of methoxy groups -OCH3 is 1. The molecule has 0 heterocycles. The molecule has 0 atom stereocenters. The van der Waals surface area contributed by atoms with Gasteiger partial charge in [-0.3, -0.25) is 4.79 Å². The minimum atomic E-state index is -0.109. The topological polar surface area (TPSA) is 26.3 Å². The Hall–Kier alpha value is -0.790. The molecule has 0 rings (SSSR count). The van der Waals surface area contributed by atoms with Crippen LogP contribution in [0.5, 0.6) is 0 Å². The van der Waals surface area contributed by atoms with Crippen molar-refractivity contribution in [2.24, 2.45) is 0 Å². The second-order valence-corrected chi connectivity index (χ2v) is 3.08. The van der Waals surface area contributed by atoms with Gasteiger partial charge >= 0.3 is 5.97 Å². The van der Waals surface area contributed by atoms with E-state index >= 15 is 0 Å². The third-order valence-corrected chi connectivity index (χ3v) is 1.87. The van der Waals surface area contributed by atoms with Crippen LogP contribution >= 0.6 is 0 Å². The molecule has 0 fully saturated rings. The van der Waals surface area contributed by atoms with Crippen molar-refractivity contribution in [2.45, 2.75) is 45.4 Å². The third kappa shape index (κ3) is 9.12. The summed E-state index contributed by atoms with van der Waals surface area (Å²) in [4.78, 5) is 10.7. The Morgan fingerprint density at radius 1 is 1.23 bits per heavy atom. The fraction of sp³-hybridized carbons (Fsp3) is 0.727. The van der Waals surface area contributed by atoms with Crippen LogP contribution in [0.15, 0.2) is 12.2 Å². The lowest BCUT2D eigenvalue weighted by Gasteiger charge is -1.95. The molecule has 0 saturated carbocycles. The molecule has 0 N–H and O–H groups in total. The Labute approximate surface area is 81.0 Å². The highest BCUT2D eigenvalue weighted by Crippen LogP contribution is 2.01.